The largest absolute Gasteiger partial charge is 0.550 e. The van der Waals surface area contributed by atoms with E-state index in [1.165, 1.54) is 0 Å². The minimum Gasteiger partial charge on any atom is -0.550 e. The molecule has 0 amide bonds. The van der Waals surface area contributed by atoms with E-state index < -0.39 is 36.1 Å². The lowest BCUT2D eigenvalue weighted by molar-refractivity contribution is -0.873. The Hall–Kier alpha value is -2.20. The Morgan fingerprint density at radius 1 is 0.625 bits per heavy atom. The number of aliphatic carboxylic acids is 2. The molecule has 0 N–H and O–H groups in total. The van der Waals surface area contributed by atoms with Gasteiger partial charge in [0.05, 0.1) is 42.3 Å². The van der Waals surface area contributed by atoms with Gasteiger partial charge in [0.1, 0.15) is 13.1 Å². The first-order valence-corrected chi connectivity index (χ1v) is 11.0. The molecular weight excluding hydrogens is 420 g/mol. The number of carbonyl (C=O) groups excluding carboxylic acids is 4. The van der Waals surface area contributed by atoms with Crippen molar-refractivity contribution in [2.75, 3.05) is 55.4 Å². The zero-order valence-electron chi connectivity index (χ0n) is 20.4. The molecule has 186 valence electrons. The van der Waals surface area contributed by atoms with Crippen molar-refractivity contribution in [3.05, 3.63) is 0 Å². The Morgan fingerprint density at radius 3 is 1.19 bits per heavy atom. The summed E-state index contributed by atoms with van der Waals surface area (Å²) in [5.74, 6) is -3.41. The summed E-state index contributed by atoms with van der Waals surface area (Å²) in [7, 11) is 11.3. The van der Waals surface area contributed by atoms with E-state index in [1.807, 2.05) is 42.3 Å². The summed E-state index contributed by atoms with van der Waals surface area (Å²) in [6.07, 6.45) is 0.716. The second-order valence-electron chi connectivity index (χ2n) is 10.2. The van der Waals surface area contributed by atoms with Gasteiger partial charge in [-0.3, -0.25) is 9.59 Å². The fraction of sp³-hybridized carbons (Fsp3) is 0.818. The van der Waals surface area contributed by atoms with Gasteiger partial charge in [-0.25, -0.2) is 0 Å². The van der Waals surface area contributed by atoms with Crippen molar-refractivity contribution in [2.24, 2.45) is 0 Å². The van der Waals surface area contributed by atoms with Gasteiger partial charge in [0.15, 0.2) is 12.2 Å². The van der Waals surface area contributed by atoms with Gasteiger partial charge in [0.25, 0.3) is 0 Å². The molecule has 0 heterocycles. The van der Waals surface area contributed by atoms with Crippen LogP contribution >= 0.6 is 0 Å². The van der Waals surface area contributed by atoms with Crippen LogP contribution in [0.2, 0.25) is 0 Å². The van der Waals surface area contributed by atoms with Crippen LogP contribution in [-0.2, 0) is 28.7 Å². The maximum absolute atomic E-state index is 12.0. The number of carbonyl (C=O) groups is 4. The Kier molecular flexibility index (Phi) is 13.1. The number of carboxylic acid groups (broad SMARTS) is 2. The number of quaternary nitrogens is 2. The molecule has 0 radical (unpaired) electrons. The van der Waals surface area contributed by atoms with E-state index in [2.05, 4.69) is 0 Å². The summed E-state index contributed by atoms with van der Waals surface area (Å²) >= 11 is 0. The van der Waals surface area contributed by atoms with E-state index in [-0.39, 0.29) is 25.7 Å². The van der Waals surface area contributed by atoms with Gasteiger partial charge >= 0.3 is 11.9 Å². The number of carboxylic acids is 2. The van der Waals surface area contributed by atoms with Gasteiger partial charge in [-0.15, -0.1) is 0 Å². The second kappa shape index (κ2) is 14.1. The second-order valence-corrected chi connectivity index (χ2v) is 10.2. The van der Waals surface area contributed by atoms with Crippen molar-refractivity contribution in [3.8, 4) is 0 Å². The number of esters is 2. The summed E-state index contributed by atoms with van der Waals surface area (Å²) < 4.78 is 11.5. The summed E-state index contributed by atoms with van der Waals surface area (Å²) in [4.78, 5) is 45.8. The molecule has 0 aromatic rings. The van der Waals surface area contributed by atoms with Crippen LogP contribution < -0.4 is 10.2 Å². The molecular formula is C22H40N2O8. The molecule has 0 aromatic heterocycles. The van der Waals surface area contributed by atoms with Crippen molar-refractivity contribution in [2.45, 2.75) is 63.6 Å². The molecule has 2 atom stereocenters. The van der Waals surface area contributed by atoms with Gasteiger partial charge < -0.3 is 38.2 Å². The maximum atomic E-state index is 12.0. The van der Waals surface area contributed by atoms with Crippen molar-refractivity contribution in [1.29, 1.82) is 0 Å². The van der Waals surface area contributed by atoms with Crippen molar-refractivity contribution < 1.29 is 47.8 Å². The minimum atomic E-state index is -1.26. The molecule has 0 rings (SSSR count). The van der Waals surface area contributed by atoms with Gasteiger partial charge in [0, 0.05) is 37.6 Å². The standard InChI is InChI=1S/C22H40N2O8/c1-23(2,3)15-17(13-19(25)26)31-21(29)11-9-7-8-10-12-22(30)32-18(14-20(27)28)16-24(4,5)6/h17-18H,7-16H2,1-6H3. The van der Waals surface area contributed by atoms with E-state index in [9.17, 15) is 29.4 Å². The maximum Gasteiger partial charge on any atom is 0.306 e. The molecule has 32 heavy (non-hydrogen) atoms. The Bertz CT molecular complexity index is 568. The van der Waals surface area contributed by atoms with Crippen molar-refractivity contribution >= 4 is 23.9 Å². The lowest BCUT2D eigenvalue weighted by Crippen LogP contribution is -2.45. The van der Waals surface area contributed by atoms with Crippen LogP contribution in [0.15, 0.2) is 0 Å². The highest BCUT2D eigenvalue weighted by Gasteiger charge is 2.23. The normalized spacial score (nSPS) is 13.8. The number of likely N-dealkylation sites (N-methyl/N-ethyl adjacent to an activating group) is 2. The quantitative estimate of drug-likeness (QED) is 0.151. The van der Waals surface area contributed by atoms with Crippen LogP contribution in [0.5, 0.6) is 0 Å². The highest BCUT2D eigenvalue weighted by Crippen LogP contribution is 2.12. The molecule has 0 aliphatic carbocycles. The molecule has 10 heteroatoms. The molecule has 2 unspecified atom stereocenters. The number of nitrogens with zero attached hydrogens (tertiary/aromatic N) is 2. The molecule has 0 aromatic carbocycles. The van der Waals surface area contributed by atoms with Crippen LogP contribution in [0.3, 0.4) is 0 Å². The van der Waals surface area contributed by atoms with Gasteiger partial charge in [-0.2, -0.15) is 0 Å². The Labute approximate surface area is 191 Å². The molecule has 0 aliphatic rings. The van der Waals surface area contributed by atoms with Crippen molar-refractivity contribution in [1.82, 2.24) is 0 Å². The number of hydrogen-bond acceptors (Lipinski definition) is 8. The lowest BCUT2D eigenvalue weighted by atomic mass is 10.1. The number of rotatable bonds is 17. The lowest BCUT2D eigenvalue weighted by Gasteiger charge is -2.29. The summed E-state index contributed by atoms with van der Waals surface area (Å²) in [5, 5.41) is 21.7. The van der Waals surface area contributed by atoms with Crippen LogP contribution in [-0.4, -0.2) is 100 Å². The monoisotopic (exact) mass is 460 g/mol. The molecule has 0 fully saturated rings. The predicted octanol–water partition coefficient (Wildman–Crippen LogP) is -1.16. The number of hydrogen-bond donors (Lipinski definition) is 0. The molecule has 0 saturated carbocycles. The molecule has 10 nitrogen and oxygen atoms in total. The van der Waals surface area contributed by atoms with E-state index in [1.54, 1.807) is 0 Å². The van der Waals surface area contributed by atoms with Gasteiger partial charge in [-0.1, -0.05) is 12.8 Å². The fourth-order valence-electron chi connectivity index (χ4n) is 3.26. The number of ether oxygens (including phenoxy) is 2. The topological polar surface area (TPSA) is 133 Å². The molecule has 0 saturated heterocycles. The van der Waals surface area contributed by atoms with Crippen LogP contribution in [0.4, 0.5) is 0 Å². The SMILES string of the molecule is C[N+](C)(C)CC(CC(=O)[O-])OC(=O)CCCCCCC(=O)OC(CC(=O)[O-])C[N+](C)(C)C. The van der Waals surface area contributed by atoms with Crippen LogP contribution in [0, 0.1) is 0 Å². The third-order valence-corrected chi connectivity index (χ3v) is 4.40. The molecule has 0 spiro atoms. The first-order chi connectivity index (χ1) is 14.6. The number of unbranched alkanes of at least 4 members (excludes halogenated alkanes) is 3. The smallest absolute Gasteiger partial charge is 0.306 e. The first-order valence-electron chi connectivity index (χ1n) is 11.0. The van der Waals surface area contributed by atoms with E-state index in [0.717, 1.165) is 0 Å². The first kappa shape index (κ1) is 29.8. The Balaban J connectivity index is 4.20. The van der Waals surface area contributed by atoms with E-state index in [4.69, 9.17) is 9.47 Å². The molecule has 0 bridgehead atoms. The minimum absolute atomic E-state index is 0.169. The Morgan fingerprint density at radius 2 is 0.938 bits per heavy atom. The summed E-state index contributed by atoms with van der Waals surface area (Å²) in [6.45, 7) is 0.740. The highest BCUT2D eigenvalue weighted by atomic mass is 16.5. The van der Waals surface area contributed by atoms with Gasteiger partial charge in [0.2, 0.25) is 0 Å². The van der Waals surface area contributed by atoms with E-state index in [0.29, 0.717) is 47.7 Å². The third-order valence-electron chi connectivity index (χ3n) is 4.40. The molecule has 0 aliphatic heterocycles. The van der Waals surface area contributed by atoms with Crippen LogP contribution in [0.25, 0.3) is 0 Å². The predicted molar refractivity (Wildman–Crippen MR) is 113 cm³/mol. The highest BCUT2D eigenvalue weighted by molar-refractivity contribution is 5.71. The van der Waals surface area contributed by atoms with Gasteiger partial charge in [-0.05, 0) is 12.8 Å². The van der Waals surface area contributed by atoms with Crippen LogP contribution in [0.1, 0.15) is 51.4 Å². The average Bonchev–Trinajstić information content (AvgIpc) is 2.53. The summed E-state index contributed by atoms with van der Waals surface area (Å²) in [6, 6.07) is 0. The van der Waals surface area contributed by atoms with E-state index >= 15 is 0 Å². The summed E-state index contributed by atoms with van der Waals surface area (Å²) in [5.41, 5.74) is 0. The third kappa shape index (κ3) is 18.6. The average molecular weight is 461 g/mol. The van der Waals surface area contributed by atoms with Crippen molar-refractivity contribution in [3.63, 3.8) is 0 Å². The zero-order valence-corrected chi connectivity index (χ0v) is 20.4. The fourth-order valence-corrected chi connectivity index (χ4v) is 3.26. The zero-order chi connectivity index (χ0) is 24.9.